The Hall–Kier alpha value is -3.87. The van der Waals surface area contributed by atoms with E-state index in [0.717, 1.165) is 77.3 Å². The average molecular weight is 506 g/mol. The molecule has 0 aliphatic carbocycles. The molecule has 1 aromatic heterocycles. The Balaban J connectivity index is 1.43. The van der Waals surface area contributed by atoms with Gasteiger partial charge in [0, 0.05) is 0 Å². The molecule has 2 amide bonds. The SMILES string of the molecule is B=C(N[C@H](CC)c1ccccc1)c1ccc2c(c1)/C(=C/c1[nH]c(C)c(C(=O)N3CCCCC3)c1C)C(=O)N2. The van der Waals surface area contributed by atoms with Crippen LogP contribution in [0.2, 0.25) is 0 Å². The fraction of sp³-hybridized carbons (Fsp3) is 0.323. The molecule has 1 atom stereocenters. The van der Waals surface area contributed by atoms with Crippen molar-refractivity contribution in [2.45, 2.75) is 52.5 Å². The second-order valence-electron chi connectivity index (χ2n) is 10.3. The molecule has 0 spiro atoms. The van der Waals surface area contributed by atoms with Crippen LogP contribution in [0, 0.1) is 13.8 Å². The monoisotopic (exact) mass is 506 g/mol. The summed E-state index contributed by atoms with van der Waals surface area (Å²) < 4.78 is 0. The van der Waals surface area contributed by atoms with Crippen molar-refractivity contribution in [2.75, 3.05) is 18.4 Å². The van der Waals surface area contributed by atoms with Crippen molar-refractivity contribution in [1.29, 1.82) is 0 Å². The van der Waals surface area contributed by atoms with E-state index in [4.69, 9.17) is 0 Å². The summed E-state index contributed by atoms with van der Waals surface area (Å²) in [6.45, 7) is 7.64. The van der Waals surface area contributed by atoms with Gasteiger partial charge in [0.15, 0.2) is 0 Å². The Bertz CT molecular complexity index is 1420. The van der Waals surface area contributed by atoms with Crippen molar-refractivity contribution in [1.82, 2.24) is 15.2 Å². The zero-order valence-corrected chi connectivity index (χ0v) is 22.5. The number of hydrogen-bond acceptors (Lipinski definition) is 3. The average Bonchev–Trinajstić information content (AvgIpc) is 3.41. The van der Waals surface area contributed by atoms with Crippen LogP contribution in [0.25, 0.3) is 11.6 Å². The summed E-state index contributed by atoms with van der Waals surface area (Å²) in [6, 6.07) is 16.4. The summed E-state index contributed by atoms with van der Waals surface area (Å²) in [5.41, 5.74) is 8.35. The summed E-state index contributed by atoms with van der Waals surface area (Å²) >= 11 is 0. The summed E-state index contributed by atoms with van der Waals surface area (Å²) in [7, 11) is 4.30. The molecule has 1 fully saturated rings. The van der Waals surface area contributed by atoms with Gasteiger partial charge in [-0.2, -0.15) is 0 Å². The third-order valence-electron chi connectivity index (χ3n) is 7.73. The number of piperidine rings is 1. The van der Waals surface area contributed by atoms with Crippen LogP contribution in [0.1, 0.15) is 82.6 Å². The minimum atomic E-state index is -0.151. The number of amides is 2. The Kier molecular flexibility index (Phi) is 7.36. The Morgan fingerprint density at radius 1 is 1.11 bits per heavy atom. The van der Waals surface area contributed by atoms with Crippen LogP contribution in [0.4, 0.5) is 5.69 Å². The van der Waals surface area contributed by atoms with Gasteiger partial charge in [-0.15, -0.1) is 0 Å². The van der Waals surface area contributed by atoms with Crippen molar-refractivity contribution < 1.29 is 9.59 Å². The summed E-state index contributed by atoms with van der Waals surface area (Å²) in [5.74, 6) is -0.0765. The van der Waals surface area contributed by atoms with Crippen LogP contribution >= 0.6 is 0 Å². The summed E-state index contributed by atoms with van der Waals surface area (Å²) in [4.78, 5) is 31.6. The first kappa shape index (κ1) is 25.8. The molecule has 6 nitrogen and oxygen atoms in total. The first-order valence-electron chi connectivity index (χ1n) is 13.5. The molecule has 5 rings (SSSR count). The number of hydrogen-bond donors (Lipinski definition) is 3. The first-order valence-corrected chi connectivity index (χ1v) is 13.5. The molecule has 38 heavy (non-hydrogen) atoms. The standard InChI is InChI=1S/C31H35BN4O2/c1-4-25(21-11-7-5-8-12-21)34-29(32)22-13-14-26-23(17-22)24(30(37)35-26)18-27-19(2)28(20(3)33-27)31(38)36-15-9-6-10-16-36/h5,7-8,11-14,17-18,25,32-34H,4,6,9-10,15-16H2,1-3H3,(H,35,37)/b24-18-/t25-/m1/s1. The number of likely N-dealkylation sites (tertiary alicyclic amines) is 1. The van der Waals surface area contributed by atoms with E-state index in [1.54, 1.807) is 0 Å². The van der Waals surface area contributed by atoms with E-state index in [1.807, 2.05) is 61.2 Å². The van der Waals surface area contributed by atoms with E-state index in [1.165, 1.54) is 12.0 Å². The number of fused-ring (bicyclic) bond motifs is 1. The summed E-state index contributed by atoms with van der Waals surface area (Å²) in [5, 5.41) is 6.54. The first-order chi connectivity index (χ1) is 18.4. The molecule has 0 radical (unpaired) electrons. The minimum absolute atomic E-state index is 0.0745. The zero-order valence-electron chi connectivity index (χ0n) is 22.5. The third-order valence-corrected chi connectivity index (χ3v) is 7.73. The fourth-order valence-corrected chi connectivity index (χ4v) is 5.56. The van der Waals surface area contributed by atoms with Crippen LogP contribution in [-0.2, 0) is 4.79 Å². The number of anilines is 1. The van der Waals surface area contributed by atoms with Gasteiger partial charge in [0.1, 0.15) is 0 Å². The van der Waals surface area contributed by atoms with Gasteiger partial charge < -0.3 is 0 Å². The van der Waals surface area contributed by atoms with Crippen LogP contribution in [0.3, 0.4) is 0 Å². The van der Waals surface area contributed by atoms with Crippen LogP contribution in [0.5, 0.6) is 0 Å². The van der Waals surface area contributed by atoms with E-state index in [-0.39, 0.29) is 17.9 Å². The van der Waals surface area contributed by atoms with Crippen molar-refractivity contribution in [3.8, 4) is 0 Å². The number of nitrogens with zero attached hydrogens (tertiary/aromatic N) is 1. The molecule has 0 saturated carbocycles. The quantitative estimate of drug-likeness (QED) is 0.316. The number of H-pyrrole nitrogens is 1. The molecule has 0 bridgehead atoms. The van der Waals surface area contributed by atoms with Crippen molar-refractivity contribution >= 4 is 42.2 Å². The van der Waals surface area contributed by atoms with Gasteiger partial charge >= 0.3 is 206 Å². The van der Waals surface area contributed by atoms with Crippen LogP contribution < -0.4 is 10.6 Å². The molecule has 3 heterocycles. The van der Waals surface area contributed by atoms with Crippen LogP contribution in [-0.4, -0.2) is 47.9 Å². The van der Waals surface area contributed by atoms with E-state index >= 15 is 0 Å². The number of nitrogens with one attached hydrogen (secondary N) is 3. The van der Waals surface area contributed by atoms with Gasteiger partial charge in [-0.1, -0.05) is 0 Å². The molecule has 2 aliphatic heterocycles. The molecule has 0 unspecified atom stereocenters. The predicted octanol–water partition coefficient (Wildman–Crippen LogP) is 4.87. The second kappa shape index (κ2) is 10.9. The number of carbonyl (C=O) groups is 2. The van der Waals surface area contributed by atoms with E-state index in [9.17, 15) is 9.59 Å². The van der Waals surface area contributed by atoms with E-state index in [0.29, 0.717) is 5.57 Å². The molecule has 3 N–H and O–H groups in total. The normalized spacial score (nSPS) is 16.7. The Morgan fingerprint density at radius 2 is 1.84 bits per heavy atom. The van der Waals surface area contributed by atoms with Crippen LogP contribution in [0.15, 0.2) is 48.5 Å². The number of aromatic amines is 1. The third kappa shape index (κ3) is 4.97. The van der Waals surface area contributed by atoms with Gasteiger partial charge in [-0.05, 0) is 19.3 Å². The molecule has 7 heteroatoms. The molecular formula is C31H35BN4O2. The molecule has 194 valence electrons. The van der Waals surface area contributed by atoms with Gasteiger partial charge in [0.05, 0.1) is 0 Å². The van der Waals surface area contributed by atoms with Gasteiger partial charge in [-0.25, -0.2) is 0 Å². The summed E-state index contributed by atoms with van der Waals surface area (Å²) in [6.07, 6.45) is 6.07. The predicted molar refractivity (Wildman–Crippen MR) is 157 cm³/mol. The fourth-order valence-electron chi connectivity index (χ4n) is 5.56. The van der Waals surface area contributed by atoms with Gasteiger partial charge in [0.2, 0.25) is 0 Å². The Labute approximate surface area is 225 Å². The number of rotatable bonds is 7. The van der Waals surface area contributed by atoms with Crippen molar-refractivity contribution in [3.05, 3.63) is 87.7 Å². The van der Waals surface area contributed by atoms with Gasteiger partial charge in [0.25, 0.3) is 0 Å². The van der Waals surface area contributed by atoms with Crippen molar-refractivity contribution in [2.24, 2.45) is 0 Å². The molecular weight excluding hydrogens is 471 g/mol. The van der Waals surface area contributed by atoms with E-state index < -0.39 is 0 Å². The number of carbonyl (C=O) groups excluding carboxylic acids is 2. The number of aromatic nitrogens is 1. The molecule has 3 aromatic rings. The topological polar surface area (TPSA) is 77.2 Å². The molecule has 2 aliphatic rings. The number of benzene rings is 2. The molecule has 1 saturated heterocycles. The second-order valence-corrected chi connectivity index (χ2v) is 10.3. The number of aryl methyl sites for hydroxylation is 1. The maximum absolute atomic E-state index is 13.3. The van der Waals surface area contributed by atoms with E-state index in [2.05, 4.69) is 42.2 Å². The van der Waals surface area contributed by atoms with Gasteiger partial charge in [-0.3, -0.25) is 0 Å². The Morgan fingerprint density at radius 3 is 2.55 bits per heavy atom. The van der Waals surface area contributed by atoms with Crippen molar-refractivity contribution in [3.63, 3.8) is 0 Å². The molecule has 2 aromatic carbocycles. The zero-order chi connectivity index (χ0) is 26.8. The maximum atomic E-state index is 13.3.